The number of hydrogen-bond donors (Lipinski definition) is 0. The number of alkyl halides is 6. The van der Waals surface area contributed by atoms with Gasteiger partial charge in [0.1, 0.15) is 5.75 Å². The summed E-state index contributed by atoms with van der Waals surface area (Å²) in [6.07, 6.45) is -7.40. The Morgan fingerprint density at radius 1 is 0.923 bits per heavy atom. The smallest absolute Gasteiger partial charge is 0.406 e. The van der Waals surface area contributed by atoms with E-state index in [9.17, 15) is 26.3 Å². The SMILES string of the molecule is CC.FC(F)(F)Oc1ccc(-c2cn3c(C(F)(F)F)nnc3cn2)cc1. The fourth-order valence-electron chi connectivity index (χ4n) is 1.97. The van der Waals surface area contributed by atoms with Crippen LogP contribution in [0.1, 0.15) is 19.7 Å². The zero-order valence-corrected chi connectivity index (χ0v) is 13.4. The molecular weight excluding hydrogens is 366 g/mol. The molecule has 5 nitrogen and oxygen atoms in total. The third kappa shape index (κ3) is 4.41. The molecule has 0 bridgehead atoms. The van der Waals surface area contributed by atoms with Crippen molar-refractivity contribution in [1.29, 1.82) is 0 Å². The lowest BCUT2D eigenvalue weighted by Gasteiger charge is -2.09. The topological polar surface area (TPSA) is 52.3 Å². The van der Waals surface area contributed by atoms with Crippen LogP contribution in [0.5, 0.6) is 5.75 Å². The molecule has 0 saturated heterocycles. The second-order valence-corrected chi connectivity index (χ2v) is 4.59. The van der Waals surface area contributed by atoms with Crippen LogP contribution in [0.4, 0.5) is 26.3 Å². The number of rotatable bonds is 2. The Balaban J connectivity index is 0.00000117. The van der Waals surface area contributed by atoms with Crippen LogP contribution < -0.4 is 4.74 Å². The van der Waals surface area contributed by atoms with Gasteiger partial charge < -0.3 is 4.74 Å². The average Bonchev–Trinajstić information content (AvgIpc) is 2.99. The molecule has 0 amide bonds. The molecule has 1 aromatic carbocycles. The van der Waals surface area contributed by atoms with Gasteiger partial charge in [-0.1, -0.05) is 13.8 Å². The van der Waals surface area contributed by atoms with Gasteiger partial charge in [-0.2, -0.15) is 13.2 Å². The first kappa shape index (κ1) is 19.5. The normalized spacial score (nSPS) is 11.8. The van der Waals surface area contributed by atoms with Crippen molar-refractivity contribution in [1.82, 2.24) is 19.6 Å². The van der Waals surface area contributed by atoms with Gasteiger partial charge in [-0.05, 0) is 24.3 Å². The van der Waals surface area contributed by atoms with Crippen LogP contribution in [0.2, 0.25) is 0 Å². The number of aromatic nitrogens is 4. The molecule has 0 radical (unpaired) electrons. The highest BCUT2D eigenvalue weighted by Gasteiger charge is 2.37. The molecule has 26 heavy (non-hydrogen) atoms. The maximum atomic E-state index is 12.8. The minimum atomic E-state index is -4.83. The average molecular weight is 378 g/mol. The Kier molecular flexibility index (Phi) is 5.38. The largest absolute Gasteiger partial charge is 0.573 e. The van der Waals surface area contributed by atoms with Crippen LogP contribution >= 0.6 is 0 Å². The highest BCUT2D eigenvalue weighted by atomic mass is 19.4. The lowest BCUT2D eigenvalue weighted by molar-refractivity contribution is -0.274. The number of halogens is 6. The quantitative estimate of drug-likeness (QED) is 0.605. The van der Waals surface area contributed by atoms with E-state index >= 15 is 0 Å². The molecule has 2 heterocycles. The third-order valence-corrected chi connectivity index (χ3v) is 2.93. The molecule has 0 spiro atoms. The summed E-state index contributed by atoms with van der Waals surface area (Å²) >= 11 is 0. The van der Waals surface area contributed by atoms with E-state index in [1.54, 1.807) is 0 Å². The second kappa shape index (κ2) is 7.18. The minimum Gasteiger partial charge on any atom is -0.406 e. The van der Waals surface area contributed by atoms with Crippen molar-refractivity contribution >= 4 is 5.65 Å². The van der Waals surface area contributed by atoms with Gasteiger partial charge in [-0.25, -0.2) is 0 Å². The predicted molar refractivity (Wildman–Crippen MR) is 79.3 cm³/mol. The van der Waals surface area contributed by atoms with Crippen LogP contribution in [-0.4, -0.2) is 25.9 Å². The summed E-state index contributed by atoms with van der Waals surface area (Å²) in [5, 5.41) is 6.42. The van der Waals surface area contributed by atoms with Crippen molar-refractivity contribution < 1.29 is 31.1 Å². The Morgan fingerprint density at radius 3 is 2.08 bits per heavy atom. The van der Waals surface area contributed by atoms with Gasteiger partial charge in [0.2, 0.25) is 5.82 Å². The van der Waals surface area contributed by atoms with Crippen molar-refractivity contribution in [2.24, 2.45) is 0 Å². The summed E-state index contributed by atoms with van der Waals surface area (Å²) in [5.74, 6) is -1.68. The van der Waals surface area contributed by atoms with Crippen LogP contribution in [0.3, 0.4) is 0 Å². The maximum absolute atomic E-state index is 12.8. The summed E-state index contributed by atoms with van der Waals surface area (Å²) in [4.78, 5) is 3.92. The molecule has 0 saturated carbocycles. The molecular formula is C15H12F6N4O. The highest BCUT2D eigenvalue weighted by molar-refractivity contribution is 5.60. The first-order chi connectivity index (χ1) is 12.1. The molecule has 2 aromatic heterocycles. The molecule has 0 N–H and O–H groups in total. The molecule has 0 fully saturated rings. The Labute approximate surface area is 143 Å². The summed E-state index contributed by atoms with van der Waals surface area (Å²) in [5.41, 5.74) is 0.294. The van der Waals surface area contributed by atoms with Crippen molar-refractivity contribution in [3.63, 3.8) is 0 Å². The van der Waals surface area contributed by atoms with E-state index in [4.69, 9.17) is 0 Å². The van der Waals surface area contributed by atoms with Crippen molar-refractivity contribution in [2.75, 3.05) is 0 Å². The maximum Gasteiger partial charge on any atom is 0.573 e. The van der Waals surface area contributed by atoms with Crippen LogP contribution in [0.15, 0.2) is 36.7 Å². The van der Waals surface area contributed by atoms with E-state index in [1.807, 2.05) is 13.8 Å². The standard InChI is InChI=1S/C13H6F6N4O.C2H6/c14-12(15,16)11-22-21-10-5-20-9(6-23(10)11)7-1-3-8(4-2-7)24-13(17,18)19;1-2/h1-6H;1-2H3. The van der Waals surface area contributed by atoms with Crippen molar-refractivity contribution in [2.45, 2.75) is 26.4 Å². The van der Waals surface area contributed by atoms with E-state index < -0.39 is 24.1 Å². The lowest BCUT2D eigenvalue weighted by Crippen LogP contribution is -2.16. The summed E-state index contributed by atoms with van der Waals surface area (Å²) < 4.78 is 79.2. The van der Waals surface area contributed by atoms with Gasteiger partial charge in [0.05, 0.1) is 11.9 Å². The number of ether oxygens (including phenoxy) is 1. The van der Waals surface area contributed by atoms with Gasteiger partial charge in [-0.3, -0.25) is 9.38 Å². The summed E-state index contributed by atoms with van der Waals surface area (Å²) in [6, 6.07) is 4.55. The molecule has 0 aliphatic rings. The van der Waals surface area contributed by atoms with E-state index in [0.29, 0.717) is 9.96 Å². The van der Waals surface area contributed by atoms with Crippen molar-refractivity contribution in [3.8, 4) is 17.0 Å². The fraction of sp³-hybridized carbons (Fsp3) is 0.267. The first-order valence-corrected chi connectivity index (χ1v) is 7.28. The monoisotopic (exact) mass is 378 g/mol. The Bertz CT molecular complexity index is 870. The van der Waals surface area contributed by atoms with Gasteiger partial charge in [0, 0.05) is 11.8 Å². The zero-order chi connectivity index (χ0) is 19.5. The molecule has 0 aliphatic carbocycles. The van der Waals surface area contributed by atoms with Gasteiger partial charge in [-0.15, -0.1) is 23.4 Å². The lowest BCUT2D eigenvalue weighted by atomic mass is 10.1. The molecule has 0 atom stereocenters. The Hall–Kier alpha value is -2.85. The molecule has 11 heteroatoms. The van der Waals surface area contributed by atoms with Crippen LogP contribution in [0.25, 0.3) is 16.9 Å². The molecule has 3 aromatic rings. The summed E-state index contributed by atoms with van der Waals surface area (Å²) in [6.45, 7) is 4.00. The molecule has 0 aliphatic heterocycles. The number of nitrogens with zero attached hydrogens (tertiary/aromatic N) is 4. The van der Waals surface area contributed by atoms with Gasteiger partial charge in [0.15, 0.2) is 5.65 Å². The molecule has 140 valence electrons. The first-order valence-electron chi connectivity index (χ1n) is 7.28. The second-order valence-electron chi connectivity index (χ2n) is 4.59. The van der Waals surface area contributed by atoms with E-state index in [-0.39, 0.29) is 11.3 Å². The molecule has 3 rings (SSSR count). The number of hydrogen-bond acceptors (Lipinski definition) is 4. The predicted octanol–water partition coefficient (Wildman–Crippen LogP) is 4.73. The van der Waals surface area contributed by atoms with Crippen molar-refractivity contribution in [3.05, 3.63) is 42.5 Å². The van der Waals surface area contributed by atoms with E-state index in [2.05, 4.69) is 19.9 Å². The zero-order valence-electron chi connectivity index (χ0n) is 13.4. The number of fused-ring (bicyclic) bond motifs is 1. The van der Waals surface area contributed by atoms with Gasteiger partial charge >= 0.3 is 12.5 Å². The molecule has 0 unspecified atom stereocenters. The minimum absolute atomic E-state index is 0.103. The van der Waals surface area contributed by atoms with E-state index in [0.717, 1.165) is 24.5 Å². The van der Waals surface area contributed by atoms with E-state index in [1.165, 1.54) is 12.1 Å². The van der Waals surface area contributed by atoms with Crippen LogP contribution in [-0.2, 0) is 6.18 Å². The third-order valence-electron chi connectivity index (χ3n) is 2.93. The van der Waals surface area contributed by atoms with Crippen LogP contribution in [0, 0.1) is 0 Å². The van der Waals surface area contributed by atoms with Gasteiger partial charge in [0.25, 0.3) is 0 Å². The fourth-order valence-corrected chi connectivity index (χ4v) is 1.97. The Morgan fingerprint density at radius 2 is 1.54 bits per heavy atom. The number of benzene rings is 1. The summed E-state index contributed by atoms with van der Waals surface area (Å²) in [7, 11) is 0. The highest BCUT2D eigenvalue weighted by Crippen LogP contribution is 2.29.